The van der Waals surface area contributed by atoms with Crippen LogP contribution < -0.4 is 9.47 Å². The Morgan fingerprint density at radius 3 is 1.64 bits per heavy atom. The lowest BCUT2D eigenvalue weighted by atomic mass is 9.88. The van der Waals surface area contributed by atoms with E-state index in [9.17, 15) is 17.2 Å². The van der Waals surface area contributed by atoms with Gasteiger partial charge in [-0.05, 0) is 105 Å². The van der Waals surface area contributed by atoms with Crippen molar-refractivity contribution in [1.29, 1.82) is 0 Å². The second-order valence-electron chi connectivity index (χ2n) is 12.5. The molecule has 12 nitrogen and oxygen atoms in total. The third kappa shape index (κ3) is 9.68. The van der Waals surface area contributed by atoms with Crippen molar-refractivity contribution in [1.82, 2.24) is 40.3 Å². The summed E-state index contributed by atoms with van der Waals surface area (Å²) in [5, 5.41) is 11.5. The lowest BCUT2D eigenvalue weighted by Crippen LogP contribution is -2.04. The number of pyridine rings is 2. The molecule has 0 atom stereocenters. The van der Waals surface area contributed by atoms with Crippen molar-refractivity contribution in [3.05, 3.63) is 111 Å². The number of methoxy groups -OCH3 is 2. The molecule has 6 aromatic rings. The molecule has 0 radical (unpaired) electrons. The van der Waals surface area contributed by atoms with Crippen LogP contribution in [0.2, 0.25) is 0 Å². The summed E-state index contributed by atoms with van der Waals surface area (Å²) < 4.78 is 62.3. The fourth-order valence-corrected chi connectivity index (χ4v) is 6.56. The molecular weight excluding hydrogens is 746 g/mol. The molecule has 0 bridgehead atoms. The van der Waals surface area contributed by atoms with Gasteiger partial charge >= 0.3 is 0 Å². The van der Waals surface area contributed by atoms with Crippen molar-refractivity contribution in [2.45, 2.75) is 57.5 Å². The molecule has 2 aromatic carbocycles. The van der Waals surface area contributed by atoms with Gasteiger partial charge < -0.3 is 9.47 Å². The molecule has 0 unspecified atom stereocenters. The maximum Gasteiger partial charge on any atom is 0.298 e. The van der Waals surface area contributed by atoms with Crippen LogP contribution in [0.1, 0.15) is 73.4 Å². The Labute approximate surface area is 314 Å². The van der Waals surface area contributed by atoms with Gasteiger partial charge in [0.15, 0.2) is 0 Å². The van der Waals surface area contributed by atoms with E-state index in [-0.39, 0.29) is 29.9 Å². The molecule has 0 fully saturated rings. The van der Waals surface area contributed by atoms with E-state index in [1.165, 1.54) is 25.3 Å². The first-order valence-corrected chi connectivity index (χ1v) is 19.0. The van der Waals surface area contributed by atoms with E-state index in [0.717, 1.165) is 33.4 Å². The van der Waals surface area contributed by atoms with Crippen molar-refractivity contribution in [2.75, 3.05) is 14.2 Å². The van der Waals surface area contributed by atoms with Crippen LogP contribution in [0.3, 0.4) is 0 Å². The van der Waals surface area contributed by atoms with E-state index in [4.69, 9.17) is 32.4 Å². The second-order valence-corrected chi connectivity index (χ2v) is 15.3. The molecule has 6 rings (SSSR count). The summed E-state index contributed by atoms with van der Waals surface area (Å²) in [7, 11) is 4.31. The van der Waals surface area contributed by atoms with Gasteiger partial charge in [0.1, 0.15) is 23.3 Å². The first-order valence-electron chi connectivity index (χ1n) is 16.3. The molecule has 17 heteroatoms. The van der Waals surface area contributed by atoms with E-state index in [2.05, 4.69) is 40.3 Å². The first-order chi connectivity index (χ1) is 25.2. The standard InChI is InChI=1S/C18H18ClFN4O3S.C18H19FN4OS/c1-10(2)13-7-12(20)8-14(11-4-5-21-17(6-11)27-3)15(13)9-16-22-18(24-23-16)28(19,25)26;1-10(2)13-7-12(19)8-14(11-4-5-20-17(6-11)24-3)15(13)9-16-21-18(25)23-22-16/h4-8,10H,9H2,1-3H3,(H,22,23,24);4-8,10H,9H2,1-3H3,(H2,21,22,23,25). The highest BCUT2D eigenvalue weighted by Crippen LogP contribution is 2.35. The summed E-state index contributed by atoms with van der Waals surface area (Å²) in [6.45, 7) is 7.98. The largest absolute Gasteiger partial charge is 0.481 e. The van der Waals surface area contributed by atoms with Crippen molar-refractivity contribution < 1.29 is 26.7 Å². The molecule has 4 heterocycles. The molecule has 0 saturated heterocycles. The Hall–Kier alpha value is -5.06. The van der Waals surface area contributed by atoms with Crippen molar-refractivity contribution in [3.8, 4) is 34.0 Å². The van der Waals surface area contributed by atoms with Crippen LogP contribution in [0.25, 0.3) is 22.3 Å². The van der Waals surface area contributed by atoms with Gasteiger partial charge in [-0.25, -0.2) is 37.1 Å². The Morgan fingerprint density at radius 2 is 1.25 bits per heavy atom. The van der Waals surface area contributed by atoms with Crippen LogP contribution in [0.5, 0.6) is 11.8 Å². The number of hydrogen-bond acceptors (Lipinski definition) is 10. The lowest BCUT2D eigenvalue weighted by Gasteiger charge is -2.18. The molecule has 3 N–H and O–H groups in total. The fraction of sp³-hybridized carbons (Fsp3) is 0.278. The van der Waals surface area contributed by atoms with Gasteiger partial charge in [-0.2, -0.15) is 0 Å². The number of halogens is 3. The Bertz CT molecular complexity index is 2400. The third-order valence-electron chi connectivity index (χ3n) is 8.22. The summed E-state index contributed by atoms with van der Waals surface area (Å²) in [6.07, 6.45) is 3.96. The average Bonchev–Trinajstić information content (AvgIpc) is 3.78. The van der Waals surface area contributed by atoms with Crippen molar-refractivity contribution >= 4 is 32.0 Å². The summed E-state index contributed by atoms with van der Waals surface area (Å²) in [4.78, 5) is 16.4. The van der Waals surface area contributed by atoms with Crippen LogP contribution in [0.15, 0.2) is 66.1 Å². The molecule has 0 spiro atoms. The minimum Gasteiger partial charge on any atom is -0.481 e. The van der Waals surface area contributed by atoms with E-state index in [0.29, 0.717) is 45.7 Å². The highest BCUT2D eigenvalue weighted by molar-refractivity contribution is 8.13. The predicted octanol–water partition coefficient (Wildman–Crippen LogP) is 8.05. The predicted molar refractivity (Wildman–Crippen MR) is 199 cm³/mol. The normalized spacial score (nSPS) is 11.5. The van der Waals surface area contributed by atoms with Gasteiger partial charge in [-0.3, -0.25) is 15.3 Å². The van der Waals surface area contributed by atoms with Gasteiger partial charge in [0.05, 0.1) is 14.2 Å². The minimum atomic E-state index is -4.04. The number of nitrogens with zero attached hydrogens (tertiary/aromatic N) is 5. The van der Waals surface area contributed by atoms with E-state index < -0.39 is 14.2 Å². The van der Waals surface area contributed by atoms with E-state index >= 15 is 0 Å². The van der Waals surface area contributed by atoms with Gasteiger partial charge in [0.25, 0.3) is 14.2 Å². The zero-order valence-corrected chi connectivity index (χ0v) is 32.1. The quantitative estimate of drug-likeness (QED) is 0.0865. The first kappa shape index (κ1) is 39.2. The maximum absolute atomic E-state index is 14.4. The molecule has 0 amide bonds. The SMILES string of the molecule is COc1cc(-c2cc(F)cc(C(C)C)c2Cc2nc(=S)[nH][nH]2)ccn1.COc1cc(-c2cc(F)cc(C(C)C)c2Cc2nc(S(=O)(=O)Cl)n[nH]2)ccn1. The molecule has 0 aliphatic rings. The zero-order chi connectivity index (χ0) is 38.4. The molecule has 0 aliphatic heterocycles. The molecule has 53 heavy (non-hydrogen) atoms. The summed E-state index contributed by atoms with van der Waals surface area (Å²) in [6, 6.07) is 13.1. The molecular formula is C36H37ClF2N8O4S2. The summed E-state index contributed by atoms with van der Waals surface area (Å²) in [5.74, 6) is 1.43. The topological polar surface area (TPSA) is 164 Å². The zero-order valence-electron chi connectivity index (χ0n) is 29.7. The summed E-state index contributed by atoms with van der Waals surface area (Å²) in [5.41, 5.74) is 6.50. The number of nitrogens with one attached hydrogen (secondary N) is 3. The van der Waals surface area contributed by atoms with Gasteiger partial charge in [0, 0.05) is 48.1 Å². The van der Waals surface area contributed by atoms with Gasteiger partial charge in [-0.1, -0.05) is 27.7 Å². The van der Waals surface area contributed by atoms with E-state index in [1.807, 2.05) is 33.8 Å². The van der Waals surface area contributed by atoms with Crippen LogP contribution in [0, 0.1) is 16.4 Å². The van der Waals surface area contributed by atoms with Crippen LogP contribution in [-0.4, -0.2) is 63.0 Å². The second kappa shape index (κ2) is 16.7. The lowest BCUT2D eigenvalue weighted by molar-refractivity contribution is 0.398. The van der Waals surface area contributed by atoms with Crippen molar-refractivity contribution in [3.63, 3.8) is 0 Å². The smallest absolute Gasteiger partial charge is 0.298 e. The van der Waals surface area contributed by atoms with Crippen LogP contribution >= 0.6 is 22.9 Å². The number of ether oxygens (including phenoxy) is 2. The molecule has 0 aliphatic carbocycles. The molecule has 278 valence electrons. The number of hydrogen-bond donors (Lipinski definition) is 3. The van der Waals surface area contributed by atoms with Crippen LogP contribution in [0.4, 0.5) is 8.78 Å². The Kier molecular flexibility index (Phi) is 12.4. The fourth-order valence-electron chi connectivity index (χ4n) is 5.82. The summed E-state index contributed by atoms with van der Waals surface area (Å²) >= 11 is 5.03. The number of aromatic amines is 3. The van der Waals surface area contributed by atoms with Gasteiger partial charge in [-0.15, -0.1) is 5.10 Å². The highest BCUT2D eigenvalue weighted by Gasteiger charge is 2.21. The maximum atomic E-state index is 14.4. The minimum absolute atomic E-state index is 0.0207. The Morgan fingerprint density at radius 1 is 0.755 bits per heavy atom. The molecule has 4 aromatic heterocycles. The number of rotatable bonds is 11. The third-order valence-corrected chi connectivity index (χ3v) is 9.45. The number of benzene rings is 2. The highest BCUT2D eigenvalue weighted by atomic mass is 35.7. The van der Waals surface area contributed by atoms with E-state index in [1.54, 1.807) is 43.8 Å². The number of aromatic nitrogens is 8. The number of H-pyrrole nitrogens is 3. The van der Waals surface area contributed by atoms with Crippen LogP contribution in [-0.2, 0) is 21.9 Å². The van der Waals surface area contributed by atoms with Crippen molar-refractivity contribution in [2.24, 2.45) is 0 Å². The van der Waals surface area contributed by atoms with Gasteiger partial charge in [0.2, 0.25) is 16.5 Å². The average molecular weight is 783 g/mol. The monoisotopic (exact) mass is 782 g/mol. The molecule has 0 saturated carbocycles. The Balaban J connectivity index is 0.000000206.